The van der Waals surface area contributed by atoms with Crippen molar-refractivity contribution in [2.45, 2.75) is 25.7 Å². The highest BCUT2D eigenvalue weighted by Crippen LogP contribution is 2.35. The highest BCUT2D eigenvalue weighted by atomic mass is 32.1. The highest BCUT2D eigenvalue weighted by Gasteiger charge is 2.19. The average molecular weight is 304 g/mol. The number of fused-ring (bicyclic) bond motifs is 1. The topological polar surface area (TPSA) is 64.3 Å². The van der Waals surface area contributed by atoms with Crippen LogP contribution in [0.3, 0.4) is 0 Å². The summed E-state index contributed by atoms with van der Waals surface area (Å²) in [5.74, 6) is 1.52. The van der Waals surface area contributed by atoms with Crippen molar-refractivity contribution in [2.75, 3.05) is 19.4 Å². The molecule has 0 atom stereocenters. The molecule has 1 aliphatic rings. The lowest BCUT2D eigenvalue weighted by molar-refractivity contribution is 0.0954. The predicted molar refractivity (Wildman–Crippen MR) is 87.1 cm³/mol. The summed E-state index contributed by atoms with van der Waals surface area (Å²) in [5.41, 5.74) is 6.68. The van der Waals surface area contributed by atoms with E-state index in [9.17, 15) is 4.79 Å². The van der Waals surface area contributed by atoms with Crippen LogP contribution < -0.4 is 15.8 Å². The van der Waals surface area contributed by atoms with E-state index in [0.717, 1.165) is 34.7 Å². The molecule has 0 radical (unpaired) electrons. The largest absolute Gasteiger partial charge is 0.497 e. The predicted octanol–water partition coefficient (Wildman–Crippen LogP) is 3.41. The van der Waals surface area contributed by atoms with Crippen LogP contribution in [-0.2, 0) is 0 Å². The number of nitrogen functional groups attached to an aromatic ring is 1. The standard InChI is InChI=1S/C16H20N2O2S/c1-20-11-5-6-12-13(9-11)21-15(14(12)17)16(19)18-8-7-10-3-2-4-10/h5-6,9-10H,2-4,7-8,17H2,1H3,(H,18,19). The Hall–Kier alpha value is -1.75. The number of amides is 1. The van der Waals surface area contributed by atoms with Crippen LogP contribution in [0.5, 0.6) is 5.75 Å². The fraction of sp³-hybridized carbons (Fsp3) is 0.438. The van der Waals surface area contributed by atoms with Gasteiger partial charge in [-0.25, -0.2) is 0 Å². The summed E-state index contributed by atoms with van der Waals surface area (Å²) in [6.07, 6.45) is 5.02. The zero-order valence-electron chi connectivity index (χ0n) is 12.1. The summed E-state index contributed by atoms with van der Waals surface area (Å²) in [6.45, 7) is 0.737. The van der Waals surface area contributed by atoms with Crippen molar-refractivity contribution in [3.63, 3.8) is 0 Å². The summed E-state index contributed by atoms with van der Waals surface area (Å²) >= 11 is 1.42. The Labute approximate surface area is 128 Å². The van der Waals surface area contributed by atoms with E-state index in [0.29, 0.717) is 10.6 Å². The Bertz CT molecular complexity index is 662. The molecular weight excluding hydrogens is 284 g/mol. The Kier molecular flexibility index (Phi) is 4.01. The van der Waals surface area contributed by atoms with Crippen molar-refractivity contribution < 1.29 is 9.53 Å². The van der Waals surface area contributed by atoms with Gasteiger partial charge in [0, 0.05) is 16.6 Å². The maximum atomic E-state index is 12.3. The Morgan fingerprint density at radius 2 is 2.29 bits per heavy atom. The maximum Gasteiger partial charge on any atom is 0.263 e. The van der Waals surface area contributed by atoms with E-state index in [1.54, 1.807) is 7.11 Å². The minimum absolute atomic E-state index is 0.0630. The molecule has 3 N–H and O–H groups in total. The molecule has 4 nitrogen and oxygen atoms in total. The highest BCUT2D eigenvalue weighted by molar-refractivity contribution is 7.21. The number of carbonyl (C=O) groups is 1. The minimum Gasteiger partial charge on any atom is -0.497 e. The molecule has 112 valence electrons. The summed E-state index contributed by atoms with van der Waals surface area (Å²) in [5, 5.41) is 3.91. The van der Waals surface area contributed by atoms with Gasteiger partial charge in [-0.05, 0) is 30.5 Å². The van der Waals surface area contributed by atoms with Crippen LogP contribution in [0.4, 0.5) is 5.69 Å². The number of rotatable bonds is 5. The molecule has 0 aliphatic heterocycles. The van der Waals surface area contributed by atoms with Gasteiger partial charge in [-0.1, -0.05) is 19.3 Å². The monoisotopic (exact) mass is 304 g/mol. The number of hydrogen-bond acceptors (Lipinski definition) is 4. The van der Waals surface area contributed by atoms with Crippen molar-refractivity contribution in [1.29, 1.82) is 0 Å². The second-order valence-electron chi connectivity index (χ2n) is 5.55. The average Bonchev–Trinajstić information content (AvgIpc) is 2.78. The first-order valence-corrected chi connectivity index (χ1v) is 8.15. The summed E-state index contributed by atoms with van der Waals surface area (Å²) in [4.78, 5) is 12.9. The molecule has 0 unspecified atom stereocenters. The lowest BCUT2D eigenvalue weighted by Gasteiger charge is -2.25. The first-order chi connectivity index (χ1) is 10.2. The number of nitrogens with one attached hydrogen (secondary N) is 1. The lowest BCUT2D eigenvalue weighted by atomic mass is 9.83. The number of benzene rings is 1. The van der Waals surface area contributed by atoms with Gasteiger partial charge in [0.05, 0.1) is 12.8 Å². The van der Waals surface area contributed by atoms with Crippen LogP contribution in [0, 0.1) is 5.92 Å². The second kappa shape index (κ2) is 5.93. The summed E-state index contributed by atoms with van der Waals surface area (Å²) < 4.78 is 6.19. The molecule has 3 rings (SSSR count). The molecule has 1 aromatic carbocycles. The van der Waals surface area contributed by atoms with Crippen LogP contribution in [0.2, 0.25) is 0 Å². The minimum atomic E-state index is -0.0630. The molecule has 5 heteroatoms. The van der Waals surface area contributed by atoms with Crippen LogP contribution in [-0.4, -0.2) is 19.6 Å². The smallest absolute Gasteiger partial charge is 0.263 e. The third-order valence-corrected chi connectivity index (χ3v) is 5.37. The van der Waals surface area contributed by atoms with Crippen LogP contribution in [0.15, 0.2) is 18.2 Å². The van der Waals surface area contributed by atoms with Gasteiger partial charge in [0.15, 0.2) is 0 Å². The number of hydrogen-bond donors (Lipinski definition) is 2. The van der Waals surface area contributed by atoms with Gasteiger partial charge >= 0.3 is 0 Å². The van der Waals surface area contributed by atoms with Crippen LogP contribution in [0.1, 0.15) is 35.4 Å². The van der Waals surface area contributed by atoms with E-state index in [2.05, 4.69) is 5.32 Å². The van der Waals surface area contributed by atoms with Crippen LogP contribution in [0.25, 0.3) is 10.1 Å². The van der Waals surface area contributed by atoms with Crippen LogP contribution >= 0.6 is 11.3 Å². The molecule has 1 amide bonds. The Balaban J connectivity index is 1.72. The van der Waals surface area contributed by atoms with Crippen molar-refractivity contribution in [3.05, 3.63) is 23.1 Å². The first-order valence-electron chi connectivity index (χ1n) is 7.33. The molecule has 21 heavy (non-hydrogen) atoms. The third kappa shape index (κ3) is 2.83. The van der Waals surface area contributed by atoms with E-state index >= 15 is 0 Å². The van der Waals surface area contributed by atoms with E-state index in [4.69, 9.17) is 10.5 Å². The molecule has 1 aliphatic carbocycles. The normalized spacial score (nSPS) is 14.9. The fourth-order valence-electron chi connectivity index (χ4n) is 2.64. The molecule has 1 heterocycles. The molecule has 1 fully saturated rings. The van der Waals surface area contributed by atoms with E-state index in [1.165, 1.54) is 30.6 Å². The van der Waals surface area contributed by atoms with Crippen molar-refractivity contribution in [3.8, 4) is 5.75 Å². The second-order valence-corrected chi connectivity index (χ2v) is 6.60. The van der Waals surface area contributed by atoms with Gasteiger partial charge < -0.3 is 15.8 Å². The quantitative estimate of drug-likeness (QED) is 0.889. The molecule has 0 saturated heterocycles. The number of methoxy groups -OCH3 is 1. The number of thiophene rings is 1. The summed E-state index contributed by atoms with van der Waals surface area (Å²) in [7, 11) is 1.63. The third-order valence-electron chi connectivity index (χ3n) is 4.20. The van der Waals surface area contributed by atoms with Gasteiger partial charge in [0.1, 0.15) is 10.6 Å². The van der Waals surface area contributed by atoms with Crippen molar-refractivity contribution in [1.82, 2.24) is 5.32 Å². The number of anilines is 1. The molecular formula is C16H20N2O2S. The van der Waals surface area contributed by atoms with Crippen molar-refractivity contribution >= 4 is 33.0 Å². The lowest BCUT2D eigenvalue weighted by Crippen LogP contribution is -2.27. The Morgan fingerprint density at radius 1 is 1.48 bits per heavy atom. The van der Waals surface area contributed by atoms with E-state index in [1.807, 2.05) is 18.2 Å². The molecule has 2 aromatic rings. The number of nitrogens with two attached hydrogens (primary N) is 1. The van der Waals surface area contributed by atoms with Crippen molar-refractivity contribution in [2.24, 2.45) is 5.92 Å². The van der Waals surface area contributed by atoms with E-state index < -0.39 is 0 Å². The van der Waals surface area contributed by atoms with E-state index in [-0.39, 0.29) is 5.91 Å². The Morgan fingerprint density at radius 3 is 2.95 bits per heavy atom. The zero-order chi connectivity index (χ0) is 14.8. The maximum absolute atomic E-state index is 12.3. The number of carbonyl (C=O) groups excluding carboxylic acids is 1. The molecule has 1 aromatic heterocycles. The number of ether oxygens (including phenoxy) is 1. The molecule has 1 saturated carbocycles. The molecule has 0 bridgehead atoms. The van der Waals surface area contributed by atoms with Gasteiger partial charge in [0.2, 0.25) is 0 Å². The first kappa shape index (κ1) is 14.2. The zero-order valence-corrected chi connectivity index (χ0v) is 13.0. The van der Waals surface area contributed by atoms with Gasteiger partial charge in [-0.2, -0.15) is 0 Å². The SMILES string of the molecule is COc1ccc2c(N)c(C(=O)NCCC3CCC3)sc2c1. The molecule has 0 spiro atoms. The van der Waals surface area contributed by atoms with Gasteiger partial charge in [0.25, 0.3) is 5.91 Å². The fourth-order valence-corrected chi connectivity index (χ4v) is 3.71. The van der Waals surface area contributed by atoms with Gasteiger partial charge in [-0.15, -0.1) is 11.3 Å². The van der Waals surface area contributed by atoms with Gasteiger partial charge in [-0.3, -0.25) is 4.79 Å². The summed E-state index contributed by atoms with van der Waals surface area (Å²) in [6, 6.07) is 5.69.